The monoisotopic (exact) mass is 426 g/mol. The van der Waals surface area contributed by atoms with Crippen molar-refractivity contribution in [1.29, 1.82) is 0 Å². The SMILES string of the molecule is Cc1cc2nc(SCCOCCSc3nc4cc(C)c(C)cc4[nH]3)[nH]c2cc1C. The molecule has 4 rings (SSSR count). The minimum Gasteiger partial charge on any atom is -0.380 e. The number of H-pyrrole nitrogens is 2. The van der Waals surface area contributed by atoms with Gasteiger partial charge in [0.2, 0.25) is 0 Å². The van der Waals surface area contributed by atoms with Crippen LogP contribution in [0.5, 0.6) is 0 Å². The van der Waals surface area contributed by atoms with Crippen molar-refractivity contribution < 1.29 is 4.74 Å². The summed E-state index contributed by atoms with van der Waals surface area (Å²) in [5.41, 5.74) is 9.38. The average molecular weight is 427 g/mol. The number of aryl methyl sites for hydroxylation is 4. The zero-order valence-electron chi connectivity index (χ0n) is 17.3. The van der Waals surface area contributed by atoms with Crippen LogP contribution in [0.15, 0.2) is 34.6 Å². The van der Waals surface area contributed by atoms with Crippen LogP contribution in [-0.4, -0.2) is 44.7 Å². The predicted molar refractivity (Wildman–Crippen MR) is 123 cm³/mol. The summed E-state index contributed by atoms with van der Waals surface area (Å²) in [5, 5.41) is 1.91. The minimum absolute atomic E-state index is 0.707. The van der Waals surface area contributed by atoms with Gasteiger partial charge in [-0.3, -0.25) is 0 Å². The van der Waals surface area contributed by atoms with Crippen molar-refractivity contribution >= 4 is 45.6 Å². The molecule has 0 atom stereocenters. The largest absolute Gasteiger partial charge is 0.380 e. The number of nitrogens with one attached hydrogen (secondary N) is 2. The van der Waals surface area contributed by atoms with Crippen molar-refractivity contribution in [2.45, 2.75) is 38.0 Å². The first-order chi connectivity index (χ1) is 14.0. The maximum atomic E-state index is 5.78. The Labute approximate surface area is 179 Å². The zero-order valence-corrected chi connectivity index (χ0v) is 18.9. The van der Waals surface area contributed by atoms with E-state index in [-0.39, 0.29) is 0 Å². The molecule has 0 bridgehead atoms. The predicted octanol–water partition coefficient (Wildman–Crippen LogP) is 5.57. The first-order valence-corrected chi connectivity index (χ1v) is 11.7. The first-order valence-electron chi connectivity index (χ1n) is 9.77. The molecule has 0 unspecified atom stereocenters. The van der Waals surface area contributed by atoms with E-state index in [0.717, 1.165) is 43.9 Å². The van der Waals surface area contributed by atoms with Crippen molar-refractivity contribution in [1.82, 2.24) is 19.9 Å². The molecule has 2 N–H and O–H groups in total. The molecule has 0 aliphatic heterocycles. The van der Waals surface area contributed by atoms with Crippen LogP contribution in [-0.2, 0) is 4.74 Å². The summed E-state index contributed by atoms with van der Waals surface area (Å²) in [6.07, 6.45) is 0. The molecular weight excluding hydrogens is 400 g/mol. The van der Waals surface area contributed by atoms with E-state index in [1.54, 1.807) is 23.5 Å². The Morgan fingerprint density at radius 2 is 1.10 bits per heavy atom. The number of ether oxygens (including phenoxy) is 1. The Morgan fingerprint density at radius 1 is 0.690 bits per heavy atom. The van der Waals surface area contributed by atoms with Gasteiger partial charge in [0, 0.05) is 11.5 Å². The molecule has 29 heavy (non-hydrogen) atoms. The van der Waals surface area contributed by atoms with Gasteiger partial charge in [-0.1, -0.05) is 23.5 Å². The third-order valence-corrected chi connectivity index (χ3v) is 6.76. The van der Waals surface area contributed by atoms with Gasteiger partial charge < -0.3 is 14.7 Å². The maximum Gasteiger partial charge on any atom is 0.166 e. The van der Waals surface area contributed by atoms with Gasteiger partial charge in [-0.2, -0.15) is 0 Å². The maximum absolute atomic E-state index is 5.78. The second kappa shape index (κ2) is 8.81. The summed E-state index contributed by atoms with van der Waals surface area (Å²) in [5.74, 6) is 1.76. The topological polar surface area (TPSA) is 66.6 Å². The van der Waals surface area contributed by atoms with Gasteiger partial charge in [0.05, 0.1) is 35.3 Å². The number of hydrogen-bond acceptors (Lipinski definition) is 5. The smallest absolute Gasteiger partial charge is 0.166 e. The molecule has 2 aromatic heterocycles. The summed E-state index contributed by atoms with van der Waals surface area (Å²) in [7, 11) is 0. The second-order valence-electron chi connectivity index (χ2n) is 7.30. The fourth-order valence-corrected chi connectivity index (χ4v) is 4.60. The molecule has 152 valence electrons. The lowest BCUT2D eigenvalue weighted by atomic mass is 10.1. The van der Waals surface area contributed by atoms with Crippen molar-refractivity contribution in [3.8, 4) is 0 Å². The van der Waals surface area contributed by atoms with Crippen molar-refractivity contribution in [3.05, 3.63) is 46.5 Å². The van der Waals surface area contributed by atoms with E-state index in [1.165, 1.54) is 22.3 Å². The number of fused-ring (bicyclic) bond motifs is 2. The normalized spacial score (nSPS) is 11.7. The van der Waals surface area contributed by atoms with E-state index in [2.05, 4.69) is 71.9 Å². The fourth-order valence-electron chi connectivity index (χ4n) is 3.13. The van der Waals surface area contributed by atoms with E-state index in [4.69, 9.17) is 4.74 Å². The molecule has 0 fully saturated rings. The molecule has 0 aliphatic carbocycles. The standard InChI is InChI=1S/C22H26N4OS2/c1-13-9-17-18(10-14(13)2)24-21(23-17)28-7-5-27-6-8-29-22-25-19-11-15(3)16(4)12-20(19)26-22/h9-12H,5-8H2,1-4H3,(H,23,24)(H,25,26). The number of nitrogens with zero attached hydrogens (tertiary/aromatic N) is 2. The summed E-state index contributed by atoms with van der Waals surface area (Å²) >= 11 is 3.40. The summed E-state index contributed by atoms with van der Waals surface area (Å²) in [4.78, 5) is 16.1. The molecule has 4 aromatic rings. The highest BCUT2D eigenvalue weighted by Crippen LogP contribution is 2.23. The van der Waals surface area contributed by atoms with E-state index in [9.17, 15) is 0 Å². The van der Waals surface area contributed by atoms with Gasteiger partial charge in [-0.25, -0.2) is 9.97 Å². The third kappa shape index (κ3) is 4.79. The summed E-state index contributed by atoms with van der Waals surface area (Å²) in [6, 6.07) is 8.60. The summed E-state index contributed by atoms with van der Waals surface area (Å²) < 4.78 is 5.78. The number of imidazole rings is 2. The quantitative estimate of drug-likeness (QED) is 0.285. The van der Waals surface area contributed by atoms with Crippen molar-refractivity contribution in [3.63, 3.8) is 0 Å². The molecule has 0 radical (unpaired) electrons. The minimum atomic E-state index is 0.707. The highest BCUT2D eigenvalue weighted by Gasteiger charge is 2.07. The average Bonchev–Trinajstić information content (AvgIpc) is 3.24. The Balaban J connectivity index is 1.19. The molecule has 5 nitrogen and oxygen atoms in total. The van der Waals surface area contributed by atoms with Gasteiger partial charge in [0.1, 0.15) is 0 Å². The third-order valence-electron chi connectivity index (χ3n) is 5.08. The molecular formula is C22H26N4OS2. The van der Waals surface area contributed by atoms with Crippen molar-refractivity contribution in [2.75, 3.05) is 24.7 Å². The number of hydrogen-bond donors (Lipinski definition) is 2. The van der Waals surface area contributed by atoms with Gasteiger partial charge in [0.15, 0.2) is 10.3 Å². The molecule has 0 amide bonds. The molecule has 0 saturated heterocycles. The van der Waals surface area contributed by atoms with E-state index in [0.29, 0.717) is 13.2 Å². The van der Waals surface area contributed by atoms with Gasteiger partial charge in [-0.15, -0.1) is 0 Å². The zero-order chi connectivity index (χ0) is 20.4. The van der Waals surface area contributed by atoms with Crippen LogP contribution >= 0.6 is 23.5 Å². The number of benzene rings is 2. The van der Waals surface area contributed by atoms with Crippen molar-refractivity contribution in [2.24, 2.45) is 0 Å². The molecule has 0 aliphatic rings. The van der Waals surface area contributed by atoms with Crippen LogP contribution in [0.4, 0.5) is 0 Å². The van der Waals surface area contributed by atoms with Gasteiger partial charge in [0.25, 0.3) is 0 Å². The van der Waals surface area contributed by atoms with Crippen LogP contribution in [0.1, 0.15) is 22.3 Å². The Bertz CT molecular complexity index is 981. The Morgan fingerprint density at radius 3 is 1.55 bits per heavy atom. The van der Waals surface area contributed by atoms with Crippen LogP contribution < -0.4 is 0 Å². The van der Waals surface area contributed by atoms with E-state index < -0.39 is 0 Å². The van der Waals surface area contributed by atoms with Crippen LogP contribution in [0.25, 0.3) is 22.1 Å². The lowest BCUT2D eigenvalue weighted by molar-refractivity contribution is 0.167. The van der Waals surface area contributed by atoms with Crippen LogP contribution in [0, 0.1) is 27.7 Å². The Kier molecular flexibility index (Phi) is 6.18. The molecule has 0 spiro atoms. The van der Waals surface area contributed by atoms with Gasteiger partial charge in [-0.05, 0) is 74.2 Å². The van der Waals surface area contributed by atoms with Crippen LogP contribution in [0.2, 0.25) is 0 Å². The van der Waals surface area contributed by atoms with Gasteiger partial charge >= 0.3 is 0 Å². The lowest BCUT2D eigenvalue weighted by Gasteiger charge is -2.02. The first kappa shape index (κ1) is 20.3. The van der Waals surface area contributed by atoms with Crippen LogP contribution in [0.3, 0.4) is 0 Å². The molecule has 0 saturated carbocycles. The lowest BCUT2D eigenvalue weighted by Crippen LogP contribution is -2.01. The highest BCUT2D eigenvalue weighted by molar-refractivity contribution is 7.99. The fraction of sp³-hybridized carbons (Fsp3) is 0.364. The van der Waals surface area contributed by atoms with E-state index in [1.807, 2.05) is 0 Å². The molecule has 2 aromatic carbocycles. The Hall–Kier alpha value is -1.96. The second-order valence-corrected chi connectivity index (χ2v) is 9.47. The number of rotatable bonds is 8. The molecule has 2 heterocycles. The number of thioether (sulfide) groups is 2. The summed E-state index contributed by atoms with van der Waals surface area (Å²) in [6.45, 7) is 9.91. The molecule has 7 heteroatoms. The highest BCUT2D eigenvalue weighted by atomic mass is 32.2. The number of aromatic nitrogens is 4. The number of aromatic amines is 2. The van der Waals surface area contributed by atoms with E-state index >= 15 is 0 Å².